The fourth-order valence-electron chi connectivity index (χ4n) is 2.40. The Labute approximate surface area is 150 Å². The first-order chi connectivity index (χ1) is 12.6. The van der Waals surface area contributed by atoms with Gasteiger partial charge in [-0.15, -0.1) is 0 Å². The summed E-state index contributed by atoms with van der Waals surface area (Å²) in [5, 5.41) is 10.8. The minimum Gasteiger partial charge on any atom is -0.322 e. The standard InChI is InChI=1S/C21H16FN3O/c22-17-12-16(21(23)15-6-2-1-3-7-15)13-19(14-17)25-20(26)10-9-18-8-4-5-11-24-18/h1-14,23H,(H,25,26). The van der Waals surface area contributed by atoms with Crippen LogP contribution < -0.4 is 5.32 Å². The van der Waals surface area contributed by atoms with E-state index in [4.69, 9.17) is 5.41 Å². The first kappa shape index (κ1) is 17.2. The molecule has 0 fully saturated rings. The zero-order valence-electron chi connectivity index (χ0n) is 13.8. The van der Waals surface area contributed by atoms with E-state index in [-0.39, 0.29) is 11.4 Å². The van der Waals surface area contributed by atoms with Crippen molar-refractivity contribution in [1.82, 2.24) is 4.98 Å². The smallest absolute Gasteiger partial charge is 0.248 e. The topological polar surface area (TPSA) is 65.8 Å². The summed E-state index contributed by atoms with van der Waals surface area (Å²) < 4.78 is 13.9. The lowest BCUT2D eigenvalue weighted by atomic mass is 10.0. The lowest BCUT2D eigenvalue weighted by Gasteiger charge is -2.08. The van der Waals surface area contributed by atoms with Crippen LogP contribution in [0.4, 0.5) is 10.1 Å². The number of halogens is 1. The van der Waals surface area contributed by atoms with E-state index < -0.39 is 11.7 Å². The van der Waals surface area contributed by atoms with Crippen LogP contribution in [0.1, 0.15) is 16.8 Å². The van der Waals surface area contributed by atoms with Gasteiger partial charge in [0.05, 0.1) is 11.4 Å². The number of pyridine rings is 1. The zero-order chi connectivity index (χ0) is 18.4. The number of rotatable bonds is 5. The fraction of sp³-hybridized carbons (Fsp3) is 0. The van der Waals surface area contributed by atoms with Gasteiger partial charge in [-0.3, -0.25) is 15.2 Å². The van der Waals surface area contributed by atoms with Gasteiger partial charge in [0.2, 0.25) is 5.91 Å². The van der Waals surface area contributed by atoms with E-state index in [1.807, 2.05) is 24.3 Å². The number of carbonyl (C=O) groups is 1. The van der Waals surface area contributed by atoms with Crippen molar-refractivity contribution in [1.29, 1.82) is 5.41 Å². The number of amides is 1. The summed E-state index contributed by atoms with van der Waals surface area (Å²) in [6, 6.07) is 18.5. The number of anilines is 1. The van der Waals surface area contributed by atoms with Gasteiger partial charge in [0, 0.05) is 23.5 Å². The van der Waals surface area contributed by atoms with Crippen LogP contribution in [0.3, 0.4) is 0 Å². The molecule has 1 aromatic heterocycles. The molecule has 5 heteroatoms. The molecule has 0 radical (unpaired) electrons. The Hall–Kier alpha value is -3.60. The summed E-state index contributed by atoms with van der Waals surface area (Å²) in [4.78, 5) is 16.1. The van der Waals surface area contributed by atoms with Gasteiger partial charge in [0.15, 0.2) is 0 Å². The second-order valence-electron chi connectivity index (χ2n) is 5.55. The molecule has 0 saturated heterocycles. The van der Waals surface area contributed by atoms with Crippen molar-refractivity contribution in [3.63, 3.8) is 0 Å². The Balaban J connectivity index is 1.76. The molecule has 0 spiro atoms. The number of hydrogen-bond acceptors (Lipinski definition) is 3. The van der Waals surface area contributed by atoms with Crippen LogP contribution in [0.25, 0.3) is 6.08 Å². The Morgan fingerprint density at radius 1 is 1.00 bits per heavy atom. The van der Waals surface area contributed by atoms with Crippen LogP contribution >= 0.6 is 0 Å². The van der Waals surface area contributed by atoms with Crippen molar-refractivity contribution < 1.29 is 9.18 Å². The highest BCUT2D eigenvalue weighted by Gasteiger charge is 2.09. The largest absolute Gasteiger partial charge is 0.322 e. The molecule has 0 aliphatic rings. The molecular formula is C21H16FN3O. The van der Waals surface area contributed by atoms with Crippen molar-refractivity contribution in [2.45, 2.75) is 0 Å². The molecule has 0 bridgehead atoms. The monoisotopic (exact) mass is 345 g/mol. The van der Waals surface area contributed by atoms with Gasteiger partial charge in [0.25, 0.3) is 0 Å². The molecule has 3 rings (SSSR count). The molecule has 1 amide bonds. The van der Waals surface area contributed by atoms with Crippen molar-refractivity contribution in [2.24, 2.45) is 0 Å². The quantitative estimate of drug-likeness (QED) is 0.535. The molecule has 0 aliphatic carbocycles. The predicted molar refractivity (Wildman–Crippen MR) is 101 cm³/mol. The summed E-state index contributed by atoms with van der Waals surface area (Å²) in [7, 11) is 0. The van der Waals surface area contributed by atoms with Gasteiger partial charge in [-0.05, 0) is 42.0 Å². The average molecular weight is 345 g/mol. The van der Waals surface area contributed by atoms with Gasteiger partial charge in [-0.2, -0.15) is 0 Å². The molecule has 0 saturated carbocycles. The number of hydrogen-bond donors (Lipinski definition) is 2. The normalized spacial score (nSPS) is 10.7. The van der Waals surface area contributed by atoms with Crippen LogP contribution in [-0.2, 0) is 4.79 Å². The molecule has 1 heterocycles. The van der Waals surface area contributed by atoms with Crippen molar-refractivity contribution in [3.05, 3.63) is 102 Å². The van der Waals surface area contributed by atoms with Crippen LogP contribution in [-0.4, -0.2) is 16.6 Å². The van der Waals surface area contributed by atoms with Crippen LogP contribution in [0.2, 0.25) is 0 Å². The Morgan fingerprint density at radius 3 is 2.50 bits per heavy atom. The van der Waals surface area contributed by atoms with Crippen LogP contribution in [0.5, 0.6) is 0 Å². The highest BCUT2D eigenvalue weighted by molar-refractivity contribution is 6.11. The van der Waals surface area contributed by atoms with Crippen molar-refractivity contribution in [3.8, 4) is 0 Å². The van der Waals surface area contributed by atoms with Crippen LogP contribution in [0, 0.1) is 11.2 Å². The molecule has 3 aromatic rings. The Kier molecular flexibility index (Phi) is 5.29. The third kappa shape index (κ3) is 4.48. The van der Waals surface area contributed by atoms with E-state index in [0.29, 0.717) is 16.8 Å². The molecule has 26 heavy (non-hydrogen) atoms. The molecular weight excluding hydrogens is 329 g/mol. The maximum Gasteiger partial charge on any atom is 0.248 e. The van der Waals surface area contributed by atoms with Gasteiger partial charge >= 0.3 is 0 Å². The van der Waals surface area contributed by atoms with E-state index in [9.17, 15) is 9.18 Å². The molecule has 2 aromatic carbocycles. The SMILES string of the molecule is N=C(c1ccccc1)c1cc(F)cc(NC(=O)C=Cc2ccccn2)c1. The second kappa shape index (κ2) is 7.98. The molecule has 0 aliphatic heterocycles. The van der Waals surface area contributed by atoms with E-state index in [0.717, 1.165) is 0 Å². The number of aromatic nitrogens is 1. The minimum absolute atomic E-state index is 0.185. The number of carbonyl (C=O) groups excluding carboxylic acids is 1. The molecule has 2 N–H and O–H groups in total. The highest BCUT2D eigenvalue weighted by atomic mass is 19.1. The summed E-state index contributed by atoms with van der Waals surface area (Å²) >= 11 is 0. The number of nitrogens with one attached hydrogen (secondary N) is 2. The average Bonchev–Trinajstić information content (AvgIpc) is 2.67. The lowest BCUT2D eigenvalue weighted by molar-refractivity contribution is -0.111. The van der Waals surface area contributed by atoms with E-state index in [1.54, 1.807) is 42.6 Å². The lowest BCUT2D eigenvalue weighted by Crippen LogP contribution is -2.10. The van der Waals surface area contributed by atoms with E-state index in [2.05, 4.69) is 10.3 Å². The van der Waals surface area contributed by atoms with Gasteiger partial charge in [0.1, 0.15) is 5.82 Å². The Bertz CT molecular complexity index is 954. The van der Waals surface area contributed by atoms with Gasteiger partial charge in [-0.1, -0.05) is 36.4 Å². The van der Waals surface area contributed by atoms with Crippen LogP contribution in [0.15, 0.2) is 79.0 Å². The summed E-state index contributed by atoms with van der Waals surface area (Å²) in [6.07, 6.45) is 4.53. The first-order valence-electron chi connectivity index (χ1n) is 7.97. The number of nitrogens with zero attached hydrogens (tertiary/aromatic N) is 1. The zero-order valence-corrected chi connectivity index (χ0v) is 13.8. The second-order valence-corrected chi connectivity index (χ2v) is 5.55. The maximum atomic E-state index is 13.9. The van der Waals surface area contributed by atoms with Gasteiger partial charge in [-0.25, -0.2) is 4.39 Å². The summed E-state index contributed by atoms with van der Waals surface area (Å²) in [5.41, 5.74) is 2.18. The predicted octanol–water partition coefficient (Wildman–Crippen LogP) is 4.29. The third-order valence-corrected chi connectivity index (χ3v) is 3.61. The third-order valence-electron chi connectivity index (χ3n) is 3.61. The van der Waals surface area contributed by atoms with E-state index >= 15 is 0 Å². The minimum atomic E-state index is -0.521. The highest BCUT2D eigenvalue weighted by Crippen LogP contribution is 2.17. The molecule has 0 unspecified atom stereocenters. The van der Waals surface area contributed by atoms with Gasteiger partial charge < -0.3 is 5.32 Å². The molecule has 128 valence electrons. The fourth-order valence-corrected chi connectivity index (χ4v) is 2.40. The first-order valence-corrected chi connectivity index (χ1v) is 7.97. The number of benzene rings is 2. The molecule has 0 atom stereocenters. The summed E-state index contributed by atoms with van der Waals surface area (Å²) in [6.45, 7) is 0. The van der Waals surface area contributed by atoms with E-state index in [1.165, 1.54) is 18.2 Å². The summed E-state index contributed by atoms with van der Waals surface area (Å²) in [5.74, 6) is -0.925. The molecule has 4 nitrogen and oxygen atoms in total. The van der Waals surface area contributed by atoms with Crippen molar-refractivity contribution in [2.75, 3.05) is 5.32 Å². The Morgan fingerprint density at radius 2 is 1.77 bits per heavy atom. The van der Waals surface area contributed by atoms with Crippen molar-refractivity contribution >= 4 is 23.4 Å². The maximum absolute atomic E-state index is 13.9.